The first-order valence-electron chi connectivity index (χ1n) is 4.69. The number of halogens is 3. The average Bonchev–Trinajstić information content (AvgIpc) is 2.27. The molecule has 0 spiro atoms. The van der Waals surface area contributed by atoms with E-state index in [1.54, 1.807) is 18.3 Å². The van der Waals surface area contributed by atoms with Gasteiger partial charge in [-0.05, 0) is 44.0 Å². The van der Waals surface area contributed by atoms with Gasteiger partial charge in [-0.15, -0.1) is 0 Å². The van der Waals surface area contributed by atoms with Crippen LogP contribution in [0.15, 0.2) is 39.5 Å². The summed E-state index contributed by atoms with van der Waals surface area (Å²) >= 11 is 6.59. The summed E-state index contributed by atoms with van der Waals surface area (Å²) in [6.45, 7) is 0. The Hall–Kier alpha value is -1.14. The Balaban J connectivity index is 2.45. The van der Waals surface area contributed by atoms with E-state index < -0.39 is 0 Å². The quantitative estimate of drug-likeness (QED) is 0.848. The Morgan fingerprint density at radius 1 is 1.12 bits per heavy atom. The Morgan fingerprint density at radius 2 is 1.88 bits per heavy atom. The fraction of sp³-hybridized carbons (Fsp3) is 0. The van der Waals surface area contributed by atoms with Crippen molar-refractivity contribution in [2.24, 2.45) is 0 Å². The summed E-state index contributed by atoms with van der Waals surface area (Å²) in [5.41, 5.74) is 7.14. The van der Waals surface area contributed by atoms with E-state index in [0.29, 0.717) is 26.0 Å². The molecule has 3 N–H and O–H groups in total. The van der Waals surface area contributed by atoms with Crippen LogP contribution in [0.5, 0.6) is 0 Å². The molecule has 0 saturated carbocycles. The van der Waals surface area contributed by atoms with Crippen LogP contribution in [0.2, 0.25) is 0 Å². The molecule has 6 heteroatoms. The second kappa shape index (κ2) is 5.01. The first-order valence-corrected chi connectivity index (χ1v) is 6.28. The maximum Gasteiger partial charge on any atom is 0.147 e. The van der Waals surface area contributed by atoms with Crippen LogP contribution in [0.25, 0.3) is 0 Å². The molecule has 1 heterocycles. The molecule has 0 radical (unpaired) electrons. The van der Waals surface area contributed by atoms with Gasteiger partial charge in [0.05, 0.1) is 27.7 Å². The molecule has 0 aliphatic rings. The topological polar surface area (TPSA) is 50.9 Å². The SMILES string of the molecule is Nc1cncc(Br)c1Nc1c(F)cccc1Br. The third-order valence-corrected chi connectivity index (χ3v) is 3.40. The Labute approximate surface area is 114 Å². The molecule has 1 aromatic carbocycles. The van der Waals surface area contributed by atoms with E-state index in [1.807, 2.05) is 0 Å². The maximum absolute atomic E-state index is 13.6. The fourth-order valence-corrected chi connectivity index (χ4v) is 2.21. The average molecular weight is 361 g/mol. The van der Waals surface area contributed by atoms with E-state index in [1.165, 1.54) is 12.3 Å². The van der Waals surface area contributed by atoms with Gasteiger partial charge >= 0.3 is 0 Å². The molecule has 3 nitrogen and oxygen atoms in total. The van der Waals surface area contributed by atoms with E-state index in [2.05, 4.69) is 42.2 Å². The number of para-hydroxylation sites is 1. The van der Waals surface area contributed by atoms with E-state index in [4.69, 9.17) is 5.73 Å². The van der Waals surface area contributed by atoms with Crippen molar-refractivity contribution in [3.05, 3.63) is 45.4 Å². The molecule has 0 saturated heterocycles. The van der Waals surface area contributed by atoms with E-state index >= 15 is 0 Å². The normalized spacial score (nSPS) is 10.3. The number of nitrogens with two attached hydrogens (primary N) is 1. The number of hydrogen-bond acceptors (Lipinski definition) is 3. The molecule has 88 valence electrons. The van der Waals surface area contributed by atoms with Gasteiger partial charge in [0.1, 0.15) is 5.82 Å². The minimum atomic E-state index is -0.359. The molecule has 0 unspecified atom stereocenters. The highest BCUT2D eigenvalue weighted by Gasteiger charge is 2.10. The zero-order valence-electron chi connectivity index (χ0n) is 8.55. The second-order valence-electron chi connectivity index (χ2n) is 3.31. The Bertz CT molecular complexity index is 470. The van der Waals surface area contributed by atoms with Crippen molar-refractivity contribution < 1.29 is 4.39 Å². The lowest BCUT2D eigenvalue weighted by atomic mass is 10.2. The van der Waals surface area contributed by atoms with Crippen LogP contribution in [-0.2, 0) is 0 Å². The van der Waals surface area contributed by atoms with Gasteiger partial charge in [-0.25, -0.2) is 4.39 Å². The largest absolute Gasteiger partial charge is 0.396 e. The number of aromatic nitrogens is 1. The summed E-state index contributed by atoms with van der Waals surface area (Å²) in [5, 5.41) is 2.94. The van der Waals surface area contributed by atoms with Gasteiger partial charge in [0.2, 0.25) is 0 Å². The predicted molar refractivity (Wildman–Crippen MR) is 73.7 cm³/mol. The molecule has 0 atom stereocenters. The van der Waals surface area contributed by atoms with Crippen molar-refractivity contribution in [1.82, 2.24) is 4.98 Å². The number of hydrogen-bond donors (Lipinski definition) is 2. The number of rotatable bonds is 2. The lowest BCUT2D eigenvalue weighted by molar-refractivity contribution is 0.631. The van der Waals surface area contributed by atoms with Crippen molar-refractivity contribution >= 4 is 48.9 Å². The molecule has 17 heavy (non-hydrogen) atoms. The van der Waals surface area contributed by atoms with Crippen LogP contribution in [0, 0.1) is 5.82 Å². The highest BCUT2D eigenvalue weighted by molar-refractivity contribution is 9.11. The molecule has 1 aromatic heterocycles. The van der Waals surface area contributed by atoms with Gasteiger partial charge in [-0.2, -0.15) is 0 Å². The summed E-state index contributed by atoms with van der Waals surface area (Å²) in [4.78, 5) is 3.91. The summed E-state index contributed by atoms with van der Waals surface area (Å²) in [5.74, 6) is -0.359. The van der Waals surface area contributed by atoms with E-state index in [-0.39, 0.29) is 5.82 Å². The molecule has 0 aliphatic carbocycles. The van der Waals surface area contributed by atoms with Crippen LogP contribution in [0.3, 0.4) is 0 Å². The van der Waals surface area contributed by atoms with Crippen LogP contribution < -0.4 is 11.1 Å². The summed E-state index contributed by atoms with van der Waals surface area (Å²) < 4.78 is 14.9. The Kier molecular flexibility index (Phi) is 3.63. The molecular formula is C11H8Br2FN3. The van der Waals surface area contributed by atoms with Crippen molar-refractivity contribution in [3.63, 3.8) is 0 Å². The van der Waals surface area contributed by atoms with E-state index in [0.717, 1.165) is 0 Å². The second-order valence-corrected chi connectivity index (χ2v) is 5.02. The predicted octanol–water partition coefficient (Wildman–Crippen LogP) is 4.07. The smallest absolute Gasteiger partial charge is 0.147 e. The van der Waals surface area contributed by atoms with Gasteiger partial charge in [0.15, 0.2) is 0 Å². The van der Waals surface area contributed by atoms with Crippen LogP contribution in [-0.4, -0.2) is 4.98 Å². The number of nitrogens with one attached hydrogen (secondary N) is 1. The highest BCUT2D eigenvalue weighted by atomic mass is 79.9. The van der Waals surface area contributed by atoms with Crippen LogP contribution >= 0.6 is 31.9 Å². The standard InChI is InChI=1S/C11H8Br2FN3/c12-6-2-1-3-8(14)10(6)17-11-7(13)4-16-5-9(11)15/h1-5H,15H2,(H,16,17). The first-order chi connectivity index (χ1) is 8.09. The van der Waals surface area contributed by atoms with Crippen LogP contribution in [0.1, 0.15) is 0 Å². The maximum atomic E-state index is 13.6. The highest BCUT2D eigenvalue weighted by Crippen LogP contribution is 2.34. The minimum Gasteiger partial charge on any atom is -0.396 e. The molecule has 2 rings (SSSR count). The molecule has 0 fully saturated rings. The number of nitrogens with zero attached hydrogens (tertiary/aromatic N) is 1. The molecule has 0 amide bonds. The number of nitrogen functional groups attached to an aromatic ring is 1. The van der Waals surface area contributed by atoms with E-state index in [9.17, 15) is 4.39 Å². The lowest BCUT2D eigenvalue weighted by Gasteiger charge is -2.12. The van der Waals surface area contributed by atoms with Gasteiger partial charge < -0.3 is 11.1 Å². The van der Waals surface area contributed by atoms with Crippen molar-refractivity contribution in [2.75, 3.05) is 11.1 Å². The number of pyridine rings is 1. The zero-order valence-corrected chi connectivity index (χ0v) is 11.7. The summed E-state index contributed by atoms with van der Waals surface area (Å²) in [6, 6.07) is 4.74. The third-order valence-electron chi connectivity index (χ3n) is 2.14. The first kappa shape index (κ1) is 12.3. The molecule has 2 aromatic rings. The van der Waals surface area contributed by atoms with Gasteiger partial charge in [0, 0.05) is 10.7 Å². The zero-order chi connectivity index (χ0) is 12.4. The molecule has 0 aliphatic heterocycles. The van der Waals surface area contributed by atoms with Crippen molar-refractivity contribution in [2.45, 2.75) is 0 Å². The Morgan fingerprint density at radius 3 is 2.53 bits per heavy atom. The number of benzene rings is 1. The van der Waals surface area contributed by atoms with Crippen LogP contribution in [0.4, 0.5) is 21.5 Å². The summed E-state index contributed by atoms with van der Waals surface area (Å²) in [6.07, 6.45) is 3.09. The number of anilines is 3. The molecule has 0 bridgehead atoms. The monoisotopic (exact) mass is 359 g/mol. The molecular weight excluding hydrogens is 353 g/mol. The van der Waals surface area contributed by atoms with Gasteiger partial charge in [0.25, 0.3) is 0 Å². The third kappa shape index (κ3) is 2.58. The van der Waals surface area contributed by atoms with Gasteiger partial charge in [-0.3, -0.25) is 4.98 Å². The summed E-state index contributed by atoms with van der Waals surface area (Å²) in [7, 11) is 0. The lowest BCUT2D eigenvalue weighted by Crippen LogP contribution is -2.00. The van der Waals surface area contributed by atoms with Crippen molar-refractivity contribution in [1.29, 1.82) is 0 Å². The minimum absolute atomic E-state index is 0.339. The fourth-order valence-electron chi connectivity index (χ4n) is 1.32. The van der Waals surface area contributed by atoms with Crippen molar-refractivity contribution in [3.8, 4) is 0 Å². The van der Waals surface area contributed by atoms with Gasteiger partial charge in [-0.1, -0.05) is 6.07 Å².